The number of amides is 1. The fourth-order valence-corrected chi connectivity index (χ4v) is 2.95. The number of aromatic nitrogens is 1. The minimum absolute atomic E-state index is 0.0774. The summed E-state index contributed by atoms with van der Waals surface area (Å²) >= 11 is 0. The lowest BCUT2D eigenvalue weighted by Gasteiger charge is -2.17. The van der Waals surface area contributed by atoms with E-state index in [9.17, 15) is 4.79 Å². The maximum atomic E-state index is 12.3. The van der Waals surface area contributed by atoms with Gasteiger partial charge in [0.1, 0.15) is 5.75 Å². The van der Waals surface area contributed by atoms with Crippen LogP contribution in [0, 0.1) is 0 Å². The Morgan fingerprint density at radius 3 is 2.88 bits per heavy atom. The molecule has 0 unspecified atom stereocenters. The van der Waals surface area contributed by atoms with Crippen LogP contribution in [0.2, 0.25) is 0 Å². The lowest BCUT2D eigenvalue weighted by molar-refractivity contribution is 0.0954. The second-order valence-corrected chi connectivity index (χ2v) is 5.98. The van der Waals surface area contributed by atoms with E-state index in [0.29, 0.717) is 12.1 Å². The van der Waals surface area contributed by atoms with Gasteiger partial charge >= 0.3 is 0 Å². The Morgan fingerprint density at radius 1 is 1.25 bits per heavy atom. The predicted octanol–water partition coefficient (Wildman–Crippen LogP) is 2.66. The molecule has 1 N–H and O–H groups in total. The van der Waals surface area contributed by atoms with Crippen molar-refractivity contribution in [1.82, 2.24) is 10.3 Å². The first-order valence-electron chi connectivity index (χ1n) is 8.37. The topological polar surface area (TPSA) is 54.5 Å². The molecule has 24 heavy (non-hydrogen) atoms. The van der Waals surface area contributed by atoms with Crippen LogP contribution >= 0.6 is 0 Å². The standard InChI is InChI=1S/C19H23N3O2/c1-24-18-6-4-5-15(11-18)7-8-21-19(23)16-12-17(14-20-13-16)22-9-2-3-10-22/h4-6,11-14H,2-3,7-10H2,1H3,(H,21,23). The highest BCUT2D eigenvalue weighted by Crippen LogP contribution is 2.20. The van der Waals surface area contributed by atoms with E-state index in [1.165, 1.54) is 12.8 Å². The molecule has 126 valence electrons. The minimum Gasteiger partial charge on any atom is -0.497 e. The first-order valence-corrected chi connectivity index (χ1v) is 8.37. The number of ether oxygens (including phenoxy) is 1. The summed E-state index contributed by atoms with van der Waals surface area (Å²) in [6.07, 6.45) is 6.63. The molecule has 0 saturated carbocycles. The molecule has 1 aliphatic heterocycles. The number of nitrogens with one attached hydrogen (secondary N) is 1. The van der Waals surface area contributed by atoms with Gasteiger partial charge in [0.25, 0.3) is 5.91 Å². The smallest absolute Gasteiger partial charge is 0.252 e. The van der Waals surface area contributed by atoms with Gasteiger partial charge in [0, 0.05) is 25.8 Å². The fraction of sp³-hybridized carbons (Fsp3) is 0.368. The summed E-state index contributed by atoms with van der Waals surface area (Å²) in [6.45, 7) is 2.67. The van der Waals surface area contributed by atoms with Crippen LogP contribution in [0.25, 0.3) is 0 Å². The summed E-state index contributed by atoms with van der Waals surface area (Å²) in [5.74, 6) is 0.757. The fourth-order valence-electron chi connectivity index (χ4n) is 2.95. The van der Waals surface area contributed by atoms with Gasteiger partial charge in [0.05, 0.1) is 24.6 Å². The van der Waals surface area contributed by atoms with Crippen molar-refractivity contribution in [2.24, 2.45) is 0 Å². The van der Waals surface area contributed by atoms with E-state index in [0.717, 1.165) is 36.5 Å². The molecule has 5 nitrogen and oxygen atoms in total. The number of anilines is 1. The summed E-state index contributed by atoms with van der Waals surface area (Å²) < 4.78 is 5.21. The first-order chi connectivity index (χ1) is 11.8. The summed E-state index contributed by atoms with van der Waals surface area (Å²) in [6, 6.07) is 9.82. The third kappa shape index (κ3) is 4.04. The van der Waals surface area contributed by atoms with Crippen molar-refractivity contribution >= 4 is 11.6 Å². The van der Waals surface area contributed by atoms with Gasteiger partial charge in [-0.25, -0.2) is 0 Å². The minimum atomic E-state index is -0.0774. The zero-order valence-corrected chi connectivity index (χ0v) is 14.0. The Labute approximate surface area is 142 Å². The molecule has 1 aromatic heterocycles. The molecule has 0 radical (unpaired) electrons. The van der Waals surface area contributed by atoms with Crippen LogP contribution in [-0.4, -0.2) is 37.6 Å². The molecule has 1 amide bonds. The number of hydrogen-bond donors (Lipinski definition) is 1. The van der Waals surface area contributed by atoms with E-state index >= 15 is 0 Å². The van der Waals surface area contributed by atoms with Gasteiger partial charge in [-0.2, -0.15) is 0 Å². The number of methoxy groups -OCH3 is 1. The van der Waals surface area contributed by atoms with Gasteiger partial charge in [-0.05, 0) is 43.0 Å². The van der Waals surface area contributed by atoms with E-state index in [1.807, 2.05) is 36.5 Å². The maximum Gasteiger partial charge on any atom is 0.252 e. The van der Waals surface area contributed by atoms with Crippen molar-refractivity contribution in [3.63, 3.8) is 0 Å². The highest BCUT2D eigenvalue weighted by atomic mass is 16.5. The van der Waals surface area contributed by atoms with Crippen molar-refractivity contribution in [2.45, 2.75) is 19.3 Å². The number of benzene rings is 1. The van der Waals surface area contributed by atoms with Gasteiger partial charge in [-0.15, -0.1) is 0 Å². The monoisotopic (exact) mass is 325 g/mol. The molecule has 0 bridgehead atoms. The van der Waals surface area contributed by atoms with Crippen LogP contribution < -0.4 is 15.0 Å². The van der Waals surface area contributed by atoms with Crippen LogP contribution in [0.4, 0.5) is 5.69 Å². The van der Waals surface area contributed by atoms with Gasteiger partial charge in [-0.3, -0.25) is 9.78 Å². The normalized spacial score (nSPS) is 13.8. The number of carbonyl (C=O) groups is 1. The van der Waals surface area contributed by atoms with E-state index in [2.05, 4.69) is 15.2 Å². The number of pyridine rings is 1. The molecule has 0 aliphatic carbocycles. The summed E-state index contributed by atoms with van der Waals surface area (Å²) in [7, 11) is 1.65. The Balaban J connectivity index is 1.55. The van der Waals surface area contributed by atoms with Crippen LogP contribution in [-0.2, 0) is 6.42 Å². The van der Waals surface area contributed by atoms with Crippen LogP contribution in [0.1, 0.15) is 28.8 Å². The van der Waals surface area contributed by atoms with Gasteiger partial charge in [-0.1, -0.05) is 12.1 Å². The predicted molar refractivity (Wildman–Crippen MR) is 94.7 cm³/mol. The van der Waals surface area contributed by atoms with Crippen molar-refractivity contribution in [3.05, 3.63) is 53.9 Å². The molecule has 1 saturated heterocycles. The van der Waals surface area contributed by atoms with Crippen molar-refractivity contribution in [3.8, 4) is 5.75 Å². The van der Waals surface area contributed by atoms with Gasteiger partial charge in [0.15, 0.2) is 0 Å². The molecule has 1 aliphatic rings. The van der Waals surface area contributed by atoms with E-state index < -0.39 is 0 Å². The average molecular weight is 325 g/mol. The molecule has 5 heteroatoms. The molecule has 2 aromatic rings. The van der Waals surface area contributed by atoms with Gasteiger partial charge in [0.2, 0.25) is 0 Å². The summed E-state index contributed by atoms with van der Waals surface area (Å²) in [5.41, 5.74) is 2.79. The molecule has 0 atom stereocenters. The van der Waals surface area contributed by atoms with E-state index in [-0.39, 0.29) is 5.91 Å². The largest absolute Gasteiger partial charge is 0.497 e. The molecule has 0 spiro atoms. The summed E-state index contributed by atoms with van der Waals surface area (Å²) in [5, 5.41) is 2.96. The molecule has 1 fully saturated rings. The number of nitrogens with zero attached hydrogens (tertiary/aromatic N) is 2. The van der Waals surface area contributed by atoms with Crippen molar-refractivity contribution < 1.29 is 9.53 Å². The molecule has 3 rings (SSSR count). The van der Waals surface area contributed by atoms with Crippen molar-refractivity contribution in [2.75, 3.05) is 31.6 Å². The highest BCUT2D eigenvalue weighted by Gasteiger charge is 2.14. The molecule has 2 heterocycles. The SMILES string of the molecule is COc1cccc(CCNC(=O)c2cncc(N3CCCC3)c2)c1. The molecule has 1 aromatic carbocycles. The van der Waals surface area contributed by atoms with Crippen LogP contribution in [0.5, 0.6) is 5.75 Å². The average Bonchev–Trinajstić information content (AvgIpc) is 3.17. The Morgan fingerprint density at radius 2 is 2.08 bits per heavy atom. The quantitative estimate of drug-likeness (QED) is 0.887. The second kappa shape index (κ2) is 7.81. The van der Waals surface area contributed by atoms with Gasteiger partial charge < -0.3 is 15.0 Å². The summed E-state index contributed by atoms with van der Waals surface area (Å²) in [4.78, 5) is 18.8. The number of hydrogen-bond acceptors (Lipinski definition) is 4. The third-order valence-electron chi connectivity index (χ3n) is 4.29. The lowest BCUT2D eigenvalue weighted by atomic mass is 10.1. The van der Waals surface area contributed by atoms with Crippen LogP contribution in [0.3, 0.4) is 0 Å². The molecular formula is C19H23N3O2. The first kappa shape index (κ1) is 16.3. The Hall–Kier alpha value is -2.56. The van der Waals surface area contributed by atoms with Crippen molar-refractivity contribution in [1.29, 1.82) is 0 Å². The van der Waals surface area contributed by atoms with Crippen LogP contribution in [0.15, 0.2) is 42.7 Å². The number of rotatable bonds is 6. The number of carbonyl (C=O) groups excluding carboxylic acids is 1. The third-order valence-corrected chi connectivity index (χ3v) is 4.29. The lowest BCUT2D eigenvalue weighted by Crippen LogP contribution is -2.26. The van der Waals surface area contributed by atoms with E-state index in [4.69, 9.17) is 4.74 Å². The molecular weight excluding hydrogens is 302 g/mol. The highest BCUT2D eigenvalue weighted by molar-refractivity contribution is 5.94. The maximum absolute atomic E-state index is 12.3. The Bertz CT molecular complexity index is 697. The second-order valence-electron chi connectivity index (χ2n) is 5.98. The Kier molecular flexibility index (Phi) is 5.31. The van der Waals surface area contributed by atoms with E-state index in [1.54, 1.807) is 13.3 Å². The zero-order chi connectivity index (χ0) is 16.8. The zero-order valence-electron chi connectivity index (χ0n) is 14.0.